The van der Waals surface area contributed by atoms with E-state index in [1.807, 2.05) is 0 Å². The van der Waals surface area contributed by atoms with Crippen LogP contribution in [0.15, 0.2) is 12.4 Å². The Bertz CT molecular complexity index is 406. The highest BCUT2D eigenvalue weighted by molar-refractivity contribution is 5.89. The van der Waals surface area contributed by atoms with Crippen molar-refractivity contribution < 1.29 is 4.79 Å². The molecule has 0 saturated carbocycles. The number of tetrazole rings is 1. The lowest BCUT2D eigenvalue weighted by molar-refractivity contribution is 0.0943. The van der Waals surface area contributed by atoms with E-state index in [1.54, 1.807) is 12.4 Å². The van der Waals surface area contributed by atoms with Crippen LogP contribution in [0, 0.1) is 0 Å². The SMILES string of the molecule is O=C(NCCc1ncc[nH]1)c1nn[nH]n1. The number of aromatic amines is 2. The van der Waals surface area contributed by atoms with Gasteiger partial charge in [0.15, 0.2) is 0 Å². The molecule has 1 amide bonds. The first-order valence-corrected chi connectivity index (χ1v) is 4.36. The summed E-state index contributed by atoms with van der Waals surface area (Å²) in [5.41, 5.74) is 0. The minimum atomic E-state index is -0.352. The standard InChI is InChI=1S/C7H9N7O/c15-7(6-11-13-14-12-6)10-2-1-5-8-3-4-9-5/h3-4H,1-2H2,(H,8,9)(H,10,15)(H,11,12,13,14). The fourth-order valence-corrected chi connectivity index (χ4v) is 1.07. The van der Waals surface area contributed by atoms with Crippen LogP contribution < -0.4 is 5.32 Å². The molecule has 78 valence electrons. The molecule has 0 unspecified atom stereocenters. The van der Waals surface area contributed by atoms with Crippen LogP contribution in [0.25, 0.3) is 0 Å². The number of amides is 1. The van der Waals surface area contributed by atoms with Gasteiger partial charge in [-0.3, -0.25) is 4.79 Å². The molecule has 0 atom stereocenters. The number of H-pyrrole nitrogens is 2. The van der Waals surface area contributed by atoms with Crippen molar-refractivity contribution in [2.45, 2.75) is 6.42 Å². The maximum Gasteiger partial charge on any atom is 0.292 e. The van der Waals surface area contributed by atoms with Crippen molar-refractivity contribution in [3.05, 3.63) is 24.0 Å². The second kappa shape index (κ2) is 4.31. The largest absolute Gasteiger partial charge is 0.349 e. The minimum absolute atomic E-state index is 0.0365. The lowest BCUT2D eigenvalue weighted by Crippen LogP contribution is -2.27. The molecule has 0 fully saturated rings. The van der Waals surface area contributed by atoms with Crippen LogP contribution in [0.1, 0.15) is 16.4 Å². The third-order valence-electron chi connectivity index (χ3n) is 1.75. The van der Waals surface area contributed by atoms with E-state index in [1.165, 1.54) is 0 Å². The number of nitrogens with zero attached hydrogens (tertiary/aromatic N) is 4. The summed E-state index contributed by atoms with van der Waals surface area (Å²) in [5, 5.41) is 15.2. The van der Waals surface area contributed by atoms with E-state index < -0.39 is 0 Å². The zero-order chi connectivity index (χ0) is 10.5. The predicted molar refractivity (Wildman–Crippen MR) is 48.8 cm³/mol. The van der Waals surface area contributed by atoms with Crippen molar-refractivity contribution in [2.24, 2.45) is 0 Å². The van der Waals surface area contributed by atoms with Crippen LogP contribution in [-0.2, 0) is 6.42 Å². The zero-order valence-electron chi connectivity index (χ0n) is 7.77. The molecule has 8 nitrogen and oxygen atoms in total. The first-order valence-electron chi connectivity index (χ1n) is 4.36. The summed E-state index contributed by atoms with van der Waals surface area (Å²) in [6, 6.07) is 0. The van der Waals surface area contributed by atoms with Crippen molar-refractivity contribution >= 4 is 5.91 Å². The summed E-state index contributed by atoms with van der Waals surface area (Å²) in [7, 11) is 0. The van der Waals surface area contributed by atoms with E-state index in [2.05, 4.69) is 35.9 Å². The van der Waals surface area contributed by atoms with E-state index in [-0.39, 0.29) is 11.7 Å². The number of carbonyl (C=O) groups is 1. The van der Waals surface area contributed by atoms with E-state index in [0.717, 1.165) is 5.82 Å². The minimum Gasteiger partial charge on any atom is -0.349 e. The molecule has 0 aliphatic rings. The lowest BCUT2D eigenvalue weighted by Gasteiger charge is -1.99. The van der Waals surface area contributed by atoms with Crippen LogP contribution in [0.5, 0.6) is 0 Å². The summed E-state index contributed by atoms with van der Waals surface area (Å²) in [4.78, 5) is 18.3. The molecule has 0 saturated heterocycles. The fourth-order valence-electron chi connectivity index (χ4n) is 1.07. The highest BCUT2D eigenvalue weighted by atomic mass is 16.2. The molecule has 0 bridgehead atoms. The van der Waals surface area contributed by atoms with Gasteiger partial charge in [-0.2, -0.15) is 5.21 Å². The smallest absolute Gasteiger partial charge is 0.292 e. The molecular weight excluding hydrogens is 198 g/mol. The monoisotopic (exact) mass is 207 g/mol. The molecule has 15 heavy (non-hydrogen) atoms. The van der Waals surface area contributed by atoms with Gasteiger partial charge < -0.3 is 10.3 Å². The number of carbonyl (C=O) groups excluding carboxylic acids is 1. The second-order valence-corrected chi connectivity index (χ2v) is 2.78. The summed E-state index contributed by atoms with van der Waals surface area (Å²) in [6.45, 7) is 0.473. The topological polar surface area (TPSA) is 112 Å². The van der Waals surface area contributed by atoms with E-state index in [4.69, 9.17) is 0 Å². The third kappa shape index (κ3) is 2.36. The number of nitrogens with one attached hydrogen (secondary N) is 3. The maximum atomic E-state index is 11.3. The van der Waals surface area contributed by atoms with Gasteiger partial charge in [0, 0.05) is 25.4 Å². The van der Waals surface area contributed by atoms with Gasteiger partial charge in [0.05, 0.1) is 0 Å². The normalized spacial score (nSPS) is 10.1. The zero-order valence-corrected chi connectivity index (χ0v) is 7.77. The van der Waals surface area contributed by atoms with Crippen LogP contribution in [0.4, 0.5) is 0 Å². The summed E-state index contributed by atoms with van der Waals surface area (Å²) >= 11 is 0. The summed E-state index contributed by atoms with van der Waals surface area (Å²) < 4.78 is 0. The Hall–Kier alpha value is -2.25. The van der Waals surface area contributed by atoms with Crippen LogP contribution in [0.3, 0.4) is 0 Å². The summed E-state index contributed by atoms with van der Waals surface area (Å²) in [6.07, 6.45) is 4.03. The quantitative estimate of drug-likeness (QED) is 0.588. The van der Waals surface area contributed by atoms with Gasteiger partial charge in [0.1, 0.15) is 5.82 Å². The van der Waals surface area contributed by atoms with Gasteiger partial charge in [-0.1, -0.05) is 0 Å². The lowest BCUT2D eigenvalue weighted by atomic mass is 10.4. The molecule has 0 aromatic carbocycles. The van der Waals surface area contributed by atoms with Crippen LogP contribution in [-0.4, -0.2) is 43.0 Å². The number of aromatic nitrogens is 6. The van der Waals surface area contributed by atoms with Crippen LogP contribution >= 0.6 is 0 Å². The molecule has 2 heterocycles. The molecule has 8 heteroatoms. The highest BCUT2D eigenvalue weighted by Gasteiger charge is 2.09. The molecule has 0 aliphatic heterocycles. The number of rotatable bonds is 4. The first kappa shape index (κ1) is 9.31. The van der Waals surface area contributed by atoms with Gasteiger partial charge in [-0.25, -0.2) is 4.98 Å². The van der Waals surface area contributed by atoms with E-state index >= 15 is 0 Å². The average Bonchev–Trinajstić information content (AvgIpc) is 2.90. The molecule has 0 spiro atoms. The van der Waals surface area contributed by atoms with Crippen molar-refractivity contribution in [3.8, 4) is 0 Å². The molecule has 0 radical (unpaired) electrons. The number of hydrogen-bond acceptors (Lipinski definition) is 5. The maximum absolute atomic E-state index is 11.3. The van der Waals surface area contributed by atoms with Crippen molar-refractivity contribution in [1.29, 1.82) is 0 Å². The Morgan fingerprint density at radius 3 is 3.13 bits per heavy atom. The Morgan fingerprint density at radius 2 is 2.47 bits per heavy atom. The summed E-state index contributed by atoms with van der Waals surface area (Å²) in [5.74, 6) is 0.508. The molecule has 2 aromatic heterocycles. The van der Waals surface area contributed by atoms with Crippen LogP contribution in [0.2, 0.25) is 0 Å². The Labute approximate surface area is 84.5 Å². The highest BCUT2D eigenvalue weighted by Crippen LogP contribution is 1.89. The van der Waals surface area contributed by atoms with Crippen molar-refractivity contribution in [1.82, 2.24) is 35.9 Å². The first-order chi connectivity index (χ1) is 7.36. The fraction of sp³-hybridized carbons (Fsp3) is 0.286. The Kier molecular flexibility index (Phi) is 2.68. The van der Waals surface area contributed by atoms with Gasteiger partial charge in [-0.05, 0) is 5.21 Å². The van der Waals surface area contributed by atoms with Gasteiger partial charge in [0.25, 0.3) is 11.7 Å². The predicted octanol–water partition coefficient (Wildman–Crippen LogP) is -1.10. The average molecular weight is 207 g/mol. The molecular formula is C7H9N7O. The van der Waals surface area contributed by atoms with E-state index in [9.17, 15) is 4.79 Å². The Morgan fingerprint density at radius 1 is 1.53 bits per heavy atom. The van der Waals surface area contributed by atoms with E-state index in [0.29, 0.717) is 13.0 Å². The third-order valence-corrected chi connectivity index (χ3v) is 1.75. The van der Waals surface area contributed by atoms with Gasteiger partial charge >= 0.3 is 0 Å². The number of imidazole rings is 1. The van der Waals surface area contributed by atoms with Crippen molar-refractivity contribution in [2.75, 3.05) is 6.54 Å². The second-order valence-electron chi connectivity index (χ2n) is 2.78. The van der Waals surface area contributed by atoms with Gasteiger partial charge in [0.2, 0.25) is 0 Å². The van der Waals surface area contributed by atoms with Gasteiger partial charge in [-0.15, -0.1) is 10.2 Å². The molecule has 0 aliphatic carbocycles. The molecule has 2 aromatic rings. The Balaban J connectivity index is 1.77. The molecule has 3 N–H and O–H groups in total. The molecule has 2 rings (SSSR count). The van der Waals surface area contributed by atoms with Crippen molar-refractivity contribution in [3.63, 3.8) is 0 Å². The number of hydrogen-bond donors (Lipinski definition) is 3.